The van der Waals surface area contributed by atoms with Crippen LogP contribution in [0, 0.1) is 5.92 Å². The number of carbonyl (C=O) groups excluding carboxylic acids is 2. The zero-order valence-electron chi connectivity index (χ0n) is 16.9. The number of ether oxygens (including phenoxy) is 1. The highest BCUT2D eigenvalue weighted by atomic mass is 35.5. The summed E-state index contributed by atoms with van der Waals surface area (Å²) in [6.45, 7) is 1.58. The minimum Gasteiger partial charge on any atom is -0.384 e. The Morgan fingerprint density at radius 1 is 1.45 bits per heavy atom. The number of nitrogens with one attached hydrogen (secondary N) is 2. The second-order valence-corrected chi connectivity index (χ2v) is 9.95. The molecule has 11 heteroatoms. The van der Waals surface area contributed by atoms with Gasteiger partial charge in [0.2, 0.25) is 16.9 Å². The number of benzene rings is 1. The molecule has 0 unspecified atom stereocenters. The molecule has 1 aliphatic heterocycles. The number of carbonyl (C=O) groups is 2. The van der Waals surface area contributed by atoms with E-state index in [-0.39, 0.29) is 18.2 Å². The van der Waals surface area contributed by atoms with Gasteiger partial charge in [0.25, 0.3) is 0 Å². The molecule has 0 saturated carbocycles. The number of thioether (sulfide) groups is 1. The second kappa shape index (κ2) is 9.99. The lowest BCUT2D eigenvalue weighted by molar-refractivity contribution is -0.128. The van der Waals surface area contributed by atoms with Crippen molar-refractivity contribution in [1.82, 2.24) is 20.1 Å². The zero-order chi connectivity index (χ0) is 21.8. The summed E-state index contributed by atoms with van der Waals surface area (Å²) < 4.78 is 5.79. The highest BCUT2D eigenvalue weighted by molar-refractivity contribution is 8.01. The van der Waals surface area contributed by atoms with Gasteiger partial charge in [0.15, 0.2) is 4.34 Å². The maximum atomic E-state index is 12.6. The van der Waals surface area contributed by atoms with E-state index in [0.29, 0.717) is 36.3 Å². The zero-order valence-corrected chi connectivity index (χ0v) is 19.3. The number of aromatic nitrogens is 3. The molecule has 1 fully saturated rings. The summed E-state index contributed by atoms with van der Waals surface area (Å²) >= 11 is 8.96. The molecule has 3 aromatic rings. The number of likely N-dealkylation sites (tertiary alicyclic amines) is 1. The third-order valence-electron chi connectivity index (χ3n) is 5.12. The maximum absolute atomic E-state index is 12.6. The van der Waals surface area contributed by atoms with Gasteiger partial charge in [-0.15, -0.1) is 10.2 Å². The summed E-state index contributed by atoms with van der Waals surface area (Å²) in [6.07, 6.45) is 2.85. The molecule has 2 N–H and O–H groups in total. The van der Waals surface area contributed by atoms with Crippen molar-refractivity contribution in [3.8, 4) is 0 Å². The van der Waals surface area contributed by atoms with E-state index in [2.05, 4.69) is 20.5 Å². The van der Waals surface area contributed by atoms with Gasteiger partial charge < -0.3 is 19.9 Å². The Morgan fingerprint density at radius 2 is 2.32 bits per heavy atom. The molecule has 4 rings (SSSR count). The molecule has 1 aliphatic rings. The Balaban J connectivity index is 1.30. The average Bonchev–Trinajstić information content (AvgIpc) is 3.45. The Hall–Kier alpha value is -2.14. The Kier molecular flexibility index (Phi) is 7.11. The van der Waals surface area contributed by atoms with Crippen molar-refractivity contribution in [2.24, 2.45) is 5.92 Å². The molecule has 0 radical (unpaired) electrons. The molecule has 0 bridgehead atoms. The summed E-state index contributed by atoms with van der Waals surface area (Å²) in [4.78, 5) is 30.0. The lowest BCUT2D eigenvalue weighted by Gasteiger charge is -2.16. The van der Waals surface area contributed by atoms with Gasteiger partial charge in [-0.05, 0) is 30.2 Å². The van der Waals surface area contributed by atoms with Crippen molar-refractivity contribution >= 4 is 62.5 Å². The number of nitrogens with zero attached hydrogens (tertiary/aromatic N) is 3. The topological polar surface area (TPSA) is 100 Å². The van der Waals surface area contributed by atoms with Crippen LogP contribution in [0.2, 0.25) is 5.02 Å². The first-order chi connectivity index (χ1) is 15.0. The second-order valence-electron chi connectivity index (χ2n) is 7.20. The number of fused-ring (bicyclic) bond motifs is 1. The highest BCUT2D eigenvalue weighted by Gasteiger charge is 2.34. The van der Waals surface area contributed by atoms with Crippen LogP contribution in [0.25, 0.3) is 10.9 Å². The van der Waals surface area contributed by atoms with E-state index >= 15 is 0 Å². The number of anilines is 1. The van der Waals surface area contributed by atoms with Crippen molar-refractivity contribution in [3.63, 3.8) is 0 Å². The van der Waals surface area contributed by atoms with Crippen molar-refractivity contribution < 1.29 is 14.3 Å². The van der Waals surface area contributed by atoms with Gasteiger partial charge in [0.1, 0.15) is 0 Å². The van der Waals surface area contributed by atoms with Crippen LogP contribution < -0.4 is 5.32 Å². The third kappa shape index (κ3) is 5.38. The van der Waals surface area contributed by atoms with Gasteiger partial charge in [-0.2, -0.15) is 0 Å². The lowest BCUT2D eigenvalue weighted by atomic mass is 10.1. The van der Waals surface area contributed by atoms with Crippen LogP contribution in [-0.4, -0.2) is 64.5 Å². The predicted octanol–water partition coefficient (Wildman–Crippen LogP) is 3.44. The molecular formula is C20H22ClN5O3S2. The van der Waals surface area contributed by atoms with Crippen LogP contribution in [0.15, 0.2) is 28.7 Å². The molecule has 2 amide bonds. The van der Waals surface area contributed by atoms with Crippen molar-refractivity contribution in [2.75, 3.05) is 37.9 Å². The van der Waals surface area contributed by atoms with E-state index < -0.39 is 5.92 Å². The summed E-state index contributed by atoms with van der Waals surface area (Å²) in [6, 6.07) is 5.71. The molecule has 1 atom stereocenters. The molecule has 0 spiro atoms. The quantitative estimate of drug-likeness (QED) is 0.277. The Bertz CT molecular complexity index is 1090. The largest absolute Gasteiger partial charge is 0.384 e. The molecule has 31 heavy (non-hydrogen) atoms. The van der Waals surface area contributed by atoms with Gasteiger partial charge in [0, 0.05) is 54.5 Å². The summed E-state index contributed by atoms with van der Waals surface area (Å²) in [5.41, 5.74) is 2.12. The van der Waals surface area contributed by atoms with Gasteiger partial charge >= 0.3 is 0 Å². The van der Waals surface area contributed by atoms with Crippen LogP contribution in [0.3, 0.4) is 0 Å². The van der Waals surface area contributed by atoms with Crippen LogP contribution in [0.4, 0.5) is 5.13 Å². The van der Waals surface area contributed by atoms with E-state index in [4.69, 9.17) is 16.3 Å². The fraction of sp³-hybridized carbons (Fsp3) is 0.400. The minimum atomic E-state index is -0.390. The third-order valence-corrected chi connectivity index (χ3v) is 7.29. The molecular weight excluding hydrogens is 458 g/mol. The smallest absolute Gasteiger partial charge is 0.231 e. The first-order valence-electron chi connectivity index (χ1n) is 9.83. The fourth-order valence-electron chi connectivity index (χ4n) is 3.52. The Labute approximate surface area is 192 Å². The predicted molar refractivity (Wildman–Crippen MR) is 123 cm³/mol. The van der Waals surface area contributed by atoms with Gasteiger partial charge in [0.05, 0.1) is 12.5 Å². The number of rotatable bonds is 9. The van der Waals surface area contributed by atoms with E-state index in [1.165, 1.54) is 23.1 Å². The van der Waals surface area contributed by atoms with E-state index in [9.17, 15) is 9.59 Å². The molecule has 1 saturated heterocycles. The monoisotopic (exact) mass is 479 g/mol. The molecule has 0 aliphatic carbocycles. The lowest BCUT2D eigenvalue weighted by Crippen LogP contribution is -2.30. The molecule has 3 heterocycles. The number of methoxy groups -OCH3 is 1. The van der Waals surface area contributed by atoms with E-state index in [0.717, 1.165) is 26.6 Å². The van der Waals surface area contributed by atoms with Gasteiger partial charge in [-0.3, -0.25) is 9.59 Å². The van der Waals surface area contributed by atoms with E-state index in [1.807, 2.05) is 24.4 Å². The number of hydrogen-bond donors (Lipinski definition) is 2. The van der Waals surface area contributed by atoms with Gasteiger partial charge in [-0.1, -0.05) is 34.7 Å². The SMILES string of the molecule is COCCSc1nnc(NC(=O)[C@H]2CC(=O)N(CCc3c[nH]c4ccc(Cl)cc34)C2)s1. The molecule has 164 valence electrons. The summed E-state index contributed by atoms with van der Waals surface area (Å²) in [5, 5.41) is 13.1. The van der Waals surface area contributed by atoms with Crippen LogP contribution in [0.5, 0.6) is 0 Å². The normalized spacial score (nSPS) is 16.4. The average molecular weight is 480 g/mol. The first-order valence-corrected chi connectivity index (χ1v) is 12.0. The Morgan fingerprint density at radius 3 is 3.16 bits per heavy atom. The fourth-order valence-corrected chi connectivity index (χ4v) is 5.41. The first kappa shape index (κ1) is 22.1. The minimum absolute atomic E-state index is 0.00824. The van der Waals surface area contributed by atoms with E-state index in [1.54, 1.807) is 12.0 Å². The van der Waals surface area contributed by atoms with Crippen molar-refractivity contribution in [2.45, 2.75) is 17.2 Å². The highest BCUT2D eigenvalue weighted by Crippen LogP contribution is 2.27. The van der Waals surface area contributed by atoms with Crippen molar-refractivity contribution in [3.05, 3.63) is 35.0 Å². The number of amides is 2. The number of H-pyrrole nitrogens is 1. The standard InChI is InChI=1S/C20H22ClN5O3S2/c1-29-6-7-30-20-25-24-19(31-20)23-18(28)13-8-17(27)26(11-13)5-4-12-10-22-16-3-2-14(21)9-15(12)16/h2-3,9-10,13,22H,4-8,11H2,1H3,(H,23,24,28)/t13-/m0/s1. The van der Waals surface area contributed by atoms with Crippen LogP contribution in [0.1, 0.15) is 12.0 Å². The number of aromatic amines is 1. The summed E-state index contributed by atoms with van der Waals surface area (Å²) in [5.74, 6) is 0.178. The summed E-state index contributed by atoms with van der Waals surface area (Å²) in [7, 11) is 1.65. The van der Waals surface area contributed by atoms with Crippen molar-refractivity contribution in [1.29, 1.82) is 0 Å². The van der Waals surface area contributed by atoms with Gasteiger partial charge in [-0.25, -0.2) is 0 Å². The number of hydrogen-bond acceptors (Lipinski definition) is 7. The maximum Gasteiger partial charge on any atom is 0.231 e. The molecule has 1 aromatic carbocycles. The van der Waals surface area contributed by atoms with Crippen LogP contribution >= 0.6 is 34.7 Å². The molecule has 2 aromatic heterocycles. The van der Waals surface area contributed by atoms with Crippen LogP contribution in [-0.2, 0) is 20.7 Å². The molecule has 8 nitrogen and oxygen atoms in total. The number of halogens is 1.